The molecule has 0 aliphatic carbocycles. The van der Waals surface area contributed by atoms with Crippen LogP contribution in [0.15, 0.2) is 0 Å². The standard InChI is InChI=1S/CH2O3.Na.Zr/c2-1(3)4;;/h(H2,2,3,4);;/q;+1;+2/p-2. The van der Waals surface area contributed by atoms with Crippen LogP contribution in [0.5, 0.6) is 0 Å². The molecule has 0 radical (unpaired) electrons. The van der Waals surface area contributed by atoms with Crippen molar-refractivity contribution in [1.29, 1.82) is 0 Å². The summed E-state index contributed by atoms with van der Waals surface area (Å²) in [6.07, 6.45) is -2.33. The second-order valence-corrected chi connectivity index (χ2v) is 0.250. The van der Waals surface area contributed by atoms with Gasteiger partial charge in [0, 0.05) is 0 Å². The first-order valence-corrected chi connectivity index (χ1v) is 0.612. The van der Waals surface area contributed by atoms with Gasteiger partial charge in [0.05, 0.1) is 0 Å². The van der Waals surface area contributed by atoms with E-state index in [9.17, 15) is 0 Å². The van der Waals surface area contributed by atoms with Crippen LogP contribution in [0.1, 0.15) is 0 Å². The predicted molar refractivity (Wildman–Crippen MR) is 5.40 cm³/mol. The maximum absolute atomic E-state index is 8.33. The summed E-state index contributed by atoms with van der Waals surface area (Å²) in [5.41, 5.74) is 0. The van der Waals surface area contributed by atoms with Crippen molar-refractivity contribution in [3.05, 3.63) is 0 Å². The van der Waals surface area contributed by atoms with Gasteiger partial charge >= 0.3 is 55.8 Å². The van der Waals surface area contributed by atoms with Crippen LogP contribution in [0.4, 0.5) is 4.79 Å². The van der Waals surface area contributed by atoms with Crippen LogP contribution in [-0.4, -0.2) is 6.16 Å². The zero-order chi connectivity index (χ0) is 3.58. The van der Waals surface area contributed by atoms with Gasteiger partial charge in [0.2, 0.25) is 0 Å². The molecule has 3 nitrogen and oxygen atoms in total. The van der Waals surface area contributed by atoms with E-state index in [1.807, 2.05) is 0 Å². The molecule has 0 aromatic carbocycles. The third kappa shape index (κ3) is 66.8. The Labute approximate surface area is 76.2 Å². The summed E-state index contributed by atoms with van der Waals surface area (Å²) in [4.78, 5) is 8.33. The van der Waals surface area contributed by atoms with E-state index in [-0.39, 0.29) is 55.8 Å². The molecule has 26 valence electrons. The second-order valence-electron chi connectivity index (χ2n) is 0.250. The molecule has 0 bridgehead atoms. The molecule has 0 aromatic heterocycles. The molecule has 0 aliphatic heterocycles. The first-order chi connectivity index (χ1) is 1.73. The van der Waals surface area contributed by atoms with Gasteiger partial charge in [-0.15, -0.1) is 0 Å². The molecule has 0 N–H and O–H groups in total. The molecule has 0 fully saturated rings. The first-order valence-electron chi connectivity index (χ1n) is 0.612. The normalized spacial score (nSPS) is 4.00. The van der Waals surface area contributed by atoms with Crippen LogP contribution < -0.4 is 39.8 Å². The van der Waals surface area contributed by atoms with Crippen molar-refractivity contribution >= 4 is 6.16 Å². The van der Waals surface area contributed by atoms with E-state index < -0.39 is 6.16 Å². The van der Waals surface area contributed by atoms with Gasteiger partial charge in [0.1, 0.15) is 0 Å². The summed E-state index contributed by atoms with van der Waals surface area (Å²) in [5.74, 6) is 0. The third-order valence-corrected chi connectivity index (χ3v) is 0. The fourth-order valence-electron chi connectivity index (χ4n) is 0. The first kappa shape index (κ1) is 15.7. The number of hydrogen-bond acceptors (Lipinski definition) is 3. The Kier molecular flexibility index (Phi) is 24.8. The quantitative estimate of drug-likeness (QED) is 0.344. The van der Waals surface area contributed by atoms with E-state index in [2.05, 4.69) is 0 Å². The Morgan fingerprint density at radius 1 is 1.33 bits per heavy atom. The minimum absolute atomic E-state index is 0. The summed E-state index contributed by atoms with van der Waals surface area (Å²) >= 11 is 0. The van der Waals surface area contributed by atoms with Gasteiger partial charge in [0.25, 0.3) is 0 Å². The molecule has 0 saturated heterocycles. The van der Waals surface area contributed by atoms with Gasteiger partial charge in [-0.1, -0.05) is 0 Å². The van der Waals surface area contributed by atoms with E-state index in [4.69, 9.17) is 15.0 Å². The van der Waals surface area contributed by atoms with Crippen LogP contribution in [0.3, 0.4) is 0 Å². The topological polar surface area (TPSA) is 63.2 Å². The molecule has 0 amide bonds. The van der Waals surface area contributed by atoms with Gasteiger partial charge in [0.15, 0.2) is 0 Å². The molecular formula is CNaO3Zr+. The SMILES string of the molecule is O=C([O-])[O-].[Na+].[Zr+2]. The number of carbonyl (C=O) groups excluding carboxylic acids is 1. The average Bonchev–Trinajstić information content (AvgIpc) is 0.811. The largest absolute Gasteiger partial charge is 2.00 e. The Balaban J connectivity index is -0.0000000450. The molecule has 0 unspecified atom stereocenters. The zero-order valence-electron chi connectivity index (χ0n) is 3.22. The van der Waals surface area contributed by atoms with Crippen LogP contribution in [0.2, 0.25) is 0 Å². The van der Waals surface area contributed by atoms with Crippen LogP contribution in [-0.2, 0) is 26.2 Å². The van der Waals surface area contributed by atoms with E-state index in [0.29, 0.717) is 0 Å². The van der Waals surface area contributed by atoms with Gasteiger partial charge in [-0.05, 0) is 6.16 Å². The summed E-state index contributed by atoms with van der Waals surface area (Å²) in [5, 5.41) is 16.7. The van der Waals surface area contributed by atoms with Crippen molar-refractivity contribution < 1.29 is 70.8 Å². The summed E-state index contributed by atoms with van der Waals surface area (Å²) < 4.78 is 0. The van der Waals surface area contributed by atoms with Gasteiger partial charge in [-0.25, -0.2) is 0 Å². The minimum atomic E-state index is -2.33. The third-order valence-electron chi connectivity index (χ3n) is 0. The van der Waals surface area contributed by atoms with Crippen molar-refractivity contribution in [3.63, 3.8) is 0 Å². The van der Waals surface area contributed by atoms with E-state index >= 15 is 0 Å². The Hall–Kier alpha value is 1.15. The smallest absolute Gasteiger partial charge is 0.652 e. The predicted octanol–water partition coefficient (Wildman–Crippen LogP) is -5.45. The molecule has 6 heavy (non-hydrogen) atoms. The average molecular weight is 174 g/mol. The summed E-state index contributed by atoms with van der Waals surface area (Å²) in [6.45, 7) is 0. The van der Waals surface area contributed by atoms with Crippen LogP contribution in [0.25, 0.3) is 0 Å². The molecule has 0 heterocycles. The molecular weight excluding hydrogens is 174 g/mol. The maximum Gasteiger partial charge on any atom is 2.00 e. The molecule has 0 spiro atoms. The molecule has 0 atom stereocenters. The van der Waals surface area contributed by atoms with Gasteiger partial charge in [-0.3, -0.25) is 0 Å². The van der Waals surface area contributed by atoms with Crippen molar-refractivity contribution in [2.24, 2.45) is 0 Å². The second kappa shape index (κ2) is 9.47. The Bertz CT molecular complexity index is 33.8. The monoisotopic (exact) mass is 173 g/mol. The van der Waals surface area contributed by atoms with E-state index in [0.717, 1.165) is 0 Å². The fourth-order valence-corrected chi connectivity index (χ4v) is 0. The number of rotatable bonds is 0. The zero-order valence-corrected chi connectivity index (χ0v) is 7.68. The molecule has 0 aliphatic rings. The van der Waals surface area contributed by atoms with Crippen LogP contribution in [0, 0.1) is 0 Å². The van der Waals surface area contributed by atoms with E-state index in [1.54, 1.807) is 0 Å². The number of carboxylic acid groups (broad SMARTS) is 2. The fraction of sp³-hybridized carbons (Fsp3) is 0. The molecule has 0 rings (SSSR count). The molecule has 0 aromatic rings. The minimum Gasteiger partial charge on any atom is -0.652 e. The molecule has 5 heteroatoms. The number of hydrogen-bond donors (Lipinski definition) is 0. The number of carbonyl (C=O) groups is 1. The van der Waals surface area contributed by atoms with Gasteiger partial charge < -0.3 is 15.0 Å². The van der Waals surface area contributed by atoms with Crippen LogP contribution >= 0.6 is 0 Å². The Morgan fingerprint density at radius 3 is 1.33 bits per heavy atom. The van der Waals surface area contributed by atoms with Crippen molar-refractivity contribution in [3.8, 4) is 0 Å². The van der Waals surface area contributed by atoms with Crippen molar-refractivity contribution in [2.75, 3.05) is 0 Å². The Morgan fingerprint density at radius 2 is 1.33 bits per heavy atom. The van der Waals surface area contributed by atoms with Gasteiger partial charge in [-0.2, -0.15) is 0 Å². The molecule has 0 saturated carbocycles. The summed E-state index contributed by atoms with van der Waals surface area (Å²) in [7, 11) is 0. The maximum atomic E-state index is 8.33. The van der Waals surface area contributed by atoms with E-state index in [1.165, 1.54) is 0 Å². The van der Waals surface area contributed by atoms with Crippen molar-refractivity contribution in [2.45, 2.75) is 0 Å². The van der Waals surface area contributed by atoms with Crippen molar-refractivity contribution in [1.82, 2.24) is 0 Å². The summed E-state index contributed by atoms with van der Waals surface area (Å²) in [6, 6.07) is 0.